The van der Waals surface area contributed by atoms with Gasteiger partial charge in [-0.05, 0) is 56.2 Å². The minimum Gasteiger partial charge on any atom is -0.482 e. The predicted octanol–water partition coefficient (Wildman–Crippen LogP) is 2.70. The van der Waals surface area contributed by atoms with Gasteiger partial charge in [-0.3, -0.25) is 4.79 Å². The number of rotatable bonds is 7. The first-order valence-electron chi connectivity index (χ1n) is 7.63. The molecule has 0 radical (unpaired) electrons. The first kappa shape index (κ1) is 17.6. The van der Waals surface area contributed by atoms with Gasteiger partial charge in [0.2, 0.25) is 0 Å². The predicted molar refractivity (Wildman–Crippen MR) is 87.6 cm³/mol. The highest BCUT2D eigenvalue weighted by Gasteiger charge is 2.14. The molecule has 0 aliphatic heterocycles. The third-order valence-electron chi connectivity index (χ3n) is 3.26. The van der Waals surface area contributed by atoms with E-state index in [-0.39, 0.29) is 19.3 Å². The molecule has 1 aromatic carbocycles. The number of ether oxygens (including phenoxy) is 2. The smallest absolute Gasteiger partial charge is 0.344 e. The maximum absolute atomic E-state index is 11.7. The van der Waals surface area contributed by atoms with Crippen LogP contribution in [0.4, 0.5) is 0 Å². The van der Waals surface area contributed by atoms with Gasteiger partial charge in [-0.25, -0.2) is 4.79 Å². The molecule has 0 fully saturated rings. The zero-order valence-electron chi connectivity index (χ0n) is 14.0. The Morgan fingerprint density at radius 3 is 2.50 bits per heavy atom. The second-order valence-electron chi connectivity index (χ2n) is 5.58. The summed E-state index contributed by atoms with van der Waals surface area (Å²) >= 11 is 0. The van der Waals surface area contributed by atoms with Gasteiger partial charge in [0.05, 0.1) is 12.3 Å². The van der Waals surface area contributed by atoms with Gasteiger partial charge in [0.25, 0.3) is 5.91 Å². The van der Waals surface area contributed by atoms with Crippen LogP contribution in [-0.4, -0.2) is 25.1 Å². The summed E-state index contributed by atoms with van der Waals surface area (Å²) in [5.74, 6) is 0.224. The van der Waals surface area contributed by atoms with Crippen LogP contribution < -0.4 is 10.1 Å². The number of hydrogen-bond donors (Lipinski definition) is 1. The molecule has 0 saturated carbocycles. The van der Waals surface area contributed by atoms with Gasteiger partial charge in [0.15, 0.2) is 13.2 Å². The zero-order chi connectivity index (χ0) is 17.5. The quantitative estimate of drug-likeness (QED) is 0.789. The normalized spacial score (nSPS) is 11.6. The van der Waals surface area contributed by atoms with Crippen LogP contribution in [0.3, 0.4) is 0 Å². The largest absolute Gasteiger partial charge is 0.482 e. The van der Waals surface area contributed by atoms with Crippen molar-refractivity contribution in [1.82, 2.24) is 5.32 Å². The highest BCUT2D eigenvalue weighted by molar-refractivity contribution is 5.81. The first-order chi connectivity index (χ1) is 11.4. The minimum atomic E-state index is -0.602. The number of esters is 1. The molecular weight excluding hydrogens is 310 g/mol. The molecule has 1 N–H and O–H groups in total. The van der Waals surface area contributed by atoms with Gasteiger partial charge in [0.1, 0.15) is 11.5 Å². The third kappa shape index (κ3) is 5.46. The number of benzene rings is 1. The van der Waals surface area contributed by atoms with E-state index in [0.29, 0.717) is 11.5 Å². The summed E-state index contributed by atoms with van der Waals surface area (Å²) in [5, 5.41) is 2.68. The van der Waals surface area contributed by atoms with Gasteiger partial charge in [-0.15, -0.1) is 0 Å². The molecule has 1 atom stereocenters. The number of nitrogens with one attached hydrogen (secondary N) is 1. The van der Waals surface area contributed by atoms with E-state index < -0.39 is 11.9 Å². The number of hydrogen-bond acceptors (Lipinski definition) is 5. The van der Waals surface area contributed by atoms with Crippen LogP contribution in [0.25, 0.3) is 0 Å². The lowest BCUT2D eigenvalue weighted by Crippen LogP contribution is -2.31. The summed E-state index contributed by atoms with van der Waals surface area (Å²) in [6.45, 7) is 5.07. The Bertz CT molecular complexity index is 673. The Hall–Kier alpha value is -2.76. The Labute approximate surface area is 140 Å². The van der Waals surface area contributed by atoms with Gasteiger partial charge in [0, 0.05) is 0 Å². The maximum atomic E-state index is 11.7. The van der Waals surface area contributed by atoms with E-state index >= 15 is 0 Å². The molecule has 0 bridgehead atoms. The molecule has 0 spiro atoms. The van der Waals surface area contributed by atoms with Crippen molar-refractivity contribution < 1.29 is 23.5 Å². The topological polar surface area (TPSA) is 77.8 Å². The first-order valence-corrected chi connectivity index (χ1v) is 7.63. The molecule has 128 valence electrons. The van der Waals surface area contributed by atoms with Gasteiger partial charge in [-0.2, -0.15) is 0 Å². The van der Waals surface area contributed by atoms with Crippen molar-refractivity contribution in [3.8, 4) is 5.75 Å². The van der Waals surface area contributed by atoms with Crippen molar-refractivity contribution in [2.45, 2.75) is 26.8 Å². The number of aryl methyl sites for hydroxylation is 2. The lowest BCUT2D eigenvalue weighted by atomic mass is 10.1. The van der Waals surface area contributed by atoms with E-state index in [2.05, 4.69) is 5.32 Å². The van der Waals surface area contributed by atoms with E-state index in [4.69, 9.17) is 13.9 Å². The monoisotopic (exact) mass is 331 g/mol. The van der Waals surface area contributed by atoms with E-state index in [0.717, 1.165) is 11.1 Å². The molecule has 0 aliphatic rings. The molecule has 0 unspecified atom stereocenters. The fourth-order valence-electron chi connectivity index (χ4n) is 2.24. The molecular formula is C18H21NO5. The van der Waals surface area contributed by atoms with Crippen molar-refractivity contribution in [2.75, 3.05) is 13.2 Å². The Morgan fingerprint density at radius 1 is 1.17 bits per heavy atom. The van der Waals surface area contributed by atoms with Crippen LogP contribution in [0.1, 0.15) is 29.9 Å². The molecule has 1 amide bonds. The summed E-state index contributed by atoms with van der Waals surface area (Å²) in [6, 6.07) is 8.88. The molecule has 2 aromatic rings. The second-order valence-corrected chi connectivity index (χ2v) is 5.58. The molecule has 1 aromatic heterocycles. The molecule has 0 saturated heterocycles. The van der Waals surface area contributed by atoms with Crippen molar-refractivity contribution in [2.24, 2.45) is 0 Å². The number of carbonyl (C=O) groups is 2. The van der Waals surface area contributed by atoms with Gasteiger partial charge in [-0.1, -0.05) is 6.07 Å². The highest BCUT2D eigenvalue weighted by Crippen LogP contribution is 2.16. The summed E-state index contributed by atoms with van der Waals surface area (Å²) in [5.41, 5.74) is 2.09. The summed E-state index contributed by atoms with van der Waals surface area (Å²) in [6.07, 6.45) is 1.53. The van der Waals surface area contributed by atoms with Crippen LogP contribution in [0.15, 0.2) is 41.0 Å². The van der Waals surface area contributed by atoms with Crippen molar-refractivity contribution in [3.05, 3.63) is 53.5 Å². The lowest BCUT2D eigenvalue weighted by molar-refractivity contribution is -0.150. The number of carbonyl (C=O) groups excluding carboxylic acids is 2. The van der Waals surface area contributed by atoms with Gasteiger partial charge >= 0.3 is 5.97 Å². The summed E-state index contributed by atoms with van der Waals surface area (Å²) in [4.78, 5) is 23.4. The molecule has 24 heavy (non-hydrogen) atoms. The van der Waals surface area contributed by atoms with Crippen molar-refractivity contribution in [3.63, 3.8) is 0 Å². The molecule has 2 rings (SSSR count). The van der Waals surface area contributed by atoms with Crippen LogP contribution in [0.5, 0.6) is 5.75 Å². The van der Waals surface area contributed by atoms with E-state index in [1.807, 2.05) is 32.0 Å². The average molecular weight is 331 g/mol. The van der Waals surface area contributed by atoms with Gasteiger partial charge < -0.3 is 19.2 Å². The maximum Gasteiger partial charge on any atom is 0.344 e. The minimum absolute atomic E-state index is 0.246. The van der Waals surface area contributed by atoms with Crippen LogP contribution in [-0.2, 0) is 14.3 Å². The van der Waals surface area contributed by atoms with Crippen LogP contribution in [0, 0.1) is 13.8 Å². The number of amides is 1. The van der Waals surface area contributed by atoms with E-state index in [1.165, 1.54) is 6.26 Å². The fourth-order valence-corrected chi connectivity index (χ4v) is 2.24. The fraction of sp³-hybridized carbons (Fsp3) is 0.333. The van der Waals surface area contributed by atoms with Crippen LogP contribution in [0.2, 0.25) is 0 Å². The second kappa shape index (κ2) is 8.19. The van der Waals surface area contributed by atoms with E-state index in [1.54, 1.807) is 19.1 Å². The molecule has 6 heteroatoms. The summed E-state index contributed by atoms with van der Waals surface area (Å²) in [7, 11) is 0. The Balaban J connectivity index is 1.71. The van der Waals surface area contributed by atoms with E-state index in [9.17, 15) is 9.59 Å². The van der Waals surface area contributed by atoms with Crippen molar-refractivity contribution in [1.29, 1.82) is 0 Å². The third-order valence-corrected chi connectivity index (χ3v) is 3.26. The molecule has 0 aliphatic carbocycles. The summed E-state index contributed by atoms with van der Waals surface area (Å²) < 4.78 is 15.5. The van der Waals surface area contributed by atoms with Crippen molar-refractivity contribution >= 4 is 11.9 Å². The van der Waals surface area contributed by atoms with Crippen LogP contribution >= 0.6 is 0 Å². The standard InChI is InChI=1S/C18H21NO5/c1-12-7-13(2)9-15(8-12)23-11-18(21)24-10-17(20)19-14(3)16-5-4-6-22-16/h4-9,14H,10-11H2,1-3H3,(H,19,20)/t14-/m0/s1. The SMILES string of the molecule is Cc1cc(C)cc(OCC(=O)OCC(=O)N[C@@H](C)c2ccco2)c1. The highest BCUT2D eigenvalue weighted by atomic mass is 16.6. The molecule has 1 heterocycles. The number of furan rings is 1. The lowest BCUT2D eigenvalue weighted by Gasteiger charge is -2.12. The average Bonchev–Trinajstić information content (AvgIpc) is 3.04. The Morgan fingerprint density at radius 2 is 1.88 bits per heavy atom. The zero-order valence-corrected chi connectivity index (χ0v) is 14.0. The molecule has 6 nitrogen and oxygen atoms in total. The Kier molecular flexibility index (Phi) is 6.01.